The van der Waals surface area contributed by atoms with E-state index in [0.717, 1.165) is 41.4 Å². The Morgan fingerprint density at radius 2 is 1.77 bits per heavy atom. The largest absolute Gasteiger partial charge is 0.416 e. The smallest absolute Gasteiger partial charge is 0.353 e. The van der Waals surface area contributed by atoms with Gasteiger partial charge in [-0.3, -0.25) is 9.59 Å². The summed E-state index contributed by atoms with van der Waals surface area (Å²) >= 11 is 1.84. The molecule has 2 aromatic carbocycles. The third-order valence-corrected chi connectivity index (χ3v) is 5.87. The fourth-order valence-corrected chi connectivity index (χ4v) is 4.35. The van der Waals surface area contributed by atoms with Crippen LogP contribution in [0.15, 0.2) is 53.3 Å². The molecular weight excluding hydrogens is 429 g/mol. The van der Waals surface area contributed by atoms with Crippen molar-refractivity contribution in [2.75, 3.05) is 34.8 Å². The van der Waals surface area contributed by atoms with Gasteiger partial charge in [0.1, 0.15) is 6.54 Å². The van der Waals surface area contributed by atoms with E-state index in [1.54, 1.807) is 12.1 Å². The van der Waals surface area contributed by atoms with Crippen LogP contribution in [0.4, 0.5) is 24.7 Å². The van der Waals surface area contributed by atoms with Crippen molar-refractivity contribution >= 4 is 39.9 Å². The minimum atomic E-state index is -4.51. The quantitative estimate of drug-likeness (QED) is 0.661. The Labute approximate surface area is 180 Å². The average molecular weight is 448 g/mol. The zero-order valence-electron chi connectivity index (χ0n) is 16.4. The Morgan fingerprint density at radius 3 is 2.48 bits per heavy atom. The molecular formula is C21H19F3N4O2S. The molecule has 0 radical (unpaired) electrons. The summed E-state index contributed by atoms with van der Waals surface area (Å²) in [6.45, 7) is 1.14. The first-order chi connectivity index (χ1) is 14.8. The van der Waals surface area contributed by atoms with E-state index < -0.39 is 29.8 Å². The molecule has 6 nitrogen and oxygen atoms in total. The van der Waals surface area contributed by atoms with E-state index >= 15 is 0 Å². The van der Waals surface area contributed by atoms with Gasteiger partial charge in [-0.25, -0.2) is 4.68 Å². The van der Waals surface area contributed by atoms with Gasteiger partial charge in [-0.05, 0) is 24.3 Å². The van der Waals surface area contributed by atoms with E-state index in [1.165, 1.54) is 12.1 Å². The number of alkyl halides is 3. The maximum atomic E-state index is 12.9. The van der Waals surface area contributed by atoms with Crippen LogP contribution in [0.3, 0.4) is 0 Å². The number of nitrogens with one attached hydrogen (secondary N) is 1. The summed E-state index contributed by atoms with van der Waals surface area (Å²) in [6, 6.07) is 11.4. The minimum absolute atomic E-state index is 0.00180. The van der Waals surface area contributed by atoms with Gasteiger partial charge in [0, 0.05) is 35.7 Å². The maximum Gasteiger partial charge on any atom is 0.416 e. The van der Waals surface area contributed by atoms with Crippen molar-refractivity contribution in [1.29, 1.82) is 0 Å². The Bertz CT molecular complexity index is 1170. The number of carbonyl (C=O) groups excluding carboxylic acids is 1. The van der Waals surface area contributed by atoms with Crippen LogP contribution in [-0.4, -0.2) is 40.3 Å². The van der Waals surface area contributed by atoms with Crippen molar-refractivity contribution in [2.24, 2.45) is 0 Å². The lowest BCUT2D eigenvalue weighted by Crippen LogP contribution is -2.37. The summed E-state index contributed by atoms with van der Waals surface area (Å²) in [5.41, 5.74) is -1.29. The molecule has 0 bridgehead atoms. The highest BCUT2D eigenvalue weighted by molar-refractivity contribution is 7.99. The fraction of sp³-hybridized carbons (Fsp3) is 0.286. The second kappa shape index (κ2) is 8.62. The van der Waals surface area contributed by atoms with Gasteiger partial charge in [0.25, 0.3) is 5.56 Å². The zero-order chi connectivity index (χ0) is 22.0. The summed E-state index contributed by atoms with van der Waals surface area (Å²) in [7, 11) is 0. The predicted octanol–water partition coefficient (Wildman–Crippen LogP) is 3.61. The summed E-state index contributed by atoms with van der Waals surface area (Å²) < 4.78 is 39.8. The lowest BCUT2D eigenvalue weighted by molar-refractivity contribution is -0.137. The highest BCUT2D eigenvalue weighted by Gasteiger charge is 2.30. The molecule has 0 aliphatic carbocycles. The van der Waals surface area contributed by atoms with Crippen LogP contribution in [0.25, 0.3) is 10.8 Å². The van der Waals surface area contributed by atoms with Crippen molar-refractivity contribution in [3.05, 3.63) is 64.4 Å². The molecule has 1 aliphatic rings. The van der Waals surface area contributed by atoms with Crippen LogP contribution in [0, 0.1) is 0 Å². The summed E-state index contributed by atoms with van der Waals surface area (Å²) in [4.78, 5) is 27.5. The van der Waals surface area contributed by atoms with Gasteiger partial charge in [0.05, 0.1) is 10.9 Å². The molecule has 10 heteroatoms. The van der Waals surface area contributed by atoms with Gasteiger partial charge in [-0.1, -0.05) is 24.3 Å². The molecule has 4 rings (SSSR count). The molecule has 1 N–H and O–H groups in total. The van der Waals surface area contributed by atoms with Crippen molar-refractivity contribution in [2.45, 2.75) is 12.7 Å². The number of hydrogen-bond donors (Lipinski definition) is 1. The van der Waals surface area contributed by atoms with Crippen LogP contribution < -0.4 is 15.8 Å². The van der Waals surface area contributed by atoms with E-state index in [-0.39, 0.29) is 5.69 Å². The number of fused-ring (bicyclic) bond motifs is 1. The number of anilines is 2. The molecule has 1 amide bonds. The van der Waals surface area contributed by atoms with Crippen LogP contribution >= 0.6 is 11.8 Å². The van der Waals surface area contributed by atoms with Gasteiger partial charge in [-0.2, -0.15) is 30.0 Å². The van der Waals surface area contributed by atoms with Crippen LogP contribution in [-0.2, 0) is 17.5 Å². The van der Waals surface area contributed by atoms with E-state index in [1.807, 2.05) is 23.9 Å². The zero-order valence-corrected chi connectivity index (χ0v) is 17.2. The Balaban J connectivity index is 1.63. The SMILES string of the molecule is O=C(Cn1nc(N2CCSCC2)c2ccccc2c1=O)Nc1cccc(C(F)(F)F)c1. The average Bonchev–Trinajstić information content (AvgIpc) is 2.76. The van der Waals surface area contributed by atoms with Gasteiger partial charge < -0.3 is 10.2 Å². The number of rotatable bonds is 4. The van der Waals surface area contributed by atoms with Crippen molar-refractivity contribution < 1.29 is 18.0 Å². The molecule has 2 heterocycles. The van der Waals surface area contributed by atoms with Crippen molar-refractivity contribution in [3.63, 3.8) is 0 Å². The van der Waals surface area contributed by atoms with E-state index in [4.69, 9.17) is 0 Å². The molecule has 162 valence electrons. The van der Waals surface area contributed by atoms with Gasteiger partial charge in [0.15, 0.2) is 5.82 Å². The summed E-state index contributed by atoms with van der Waals surface area (Å²) in [5, 5.41) is 8.02. The number of benzene rings is 2. The molecule has 1 aliphatic heterocycles. The third kappa shape index (κ3) is 4.68. The summed E-state index contributed by atoms with van der Waals surface area (Å²) in [6.07, 6.45) is -4.51. The first-order valence-corrected chi connectivity index (χ1v) is 10.8. The maximum absolute atomic E-state index is 12.9. The number of aromatic nitrogens is 2. The minimum Gasteiger partial charge on any atom is -0.353 e. The number of thioether (sulfide) groups is 1. The van der Waals surface area contributed by atoms with E-state index in [0.29, 0.717) is 16.6 Å². The van der Waals surface area contributed by atoms with Crippen molar-refractivity contribution in [1.82, 2.24) is 9.78 Å². The lowest BCUT2D eigenvalue weighted by Gasteiger charge is -2.28. The van der Waals surface area contributed by atoms with Crippen molar-refractivity contribution in [3.8, 4) is 0 Å². The molecule has 0 unspecified atom stereocenters. The number of carbonyl (C=O) groups is 1. The van der Waals surface area contributed by atoms with Gasteiger partial charge in [-0.15, -0.1) is 0 Å². The molecule has 1 saturated heterocycles. The third-order valence-electron chi connectivity index (χ3n) is 4.93. The Morgan fingerprint density at radius 1 is 1.06 bits per heavy atom. The molecule has 1 fully saturated rings. The number of nitrogens with zero attached hydrogens (tertiary/aromatic N) is 3. The predicted molar refractivity (Wildman–Crippen MR) is 116 cm³/mol. The highest BCUT2D eigenvalue weighted by Crippen LogP contribution is 2.30. The van der Waals surface area contributed by atoms with E-state index in [9.17, 15) is 22.8 Å². The Kier molecular flexibility index (Phi) is 5.90. The molecule has 31 heavy (non-hydrogen) atoms. The number of hydrogen-bond acceptors (Lipinski definition) is 5. The first kappa shape index (κ1) is 21.2. The lowest BCUT2D eigenvalue weighted by atomic mass is 10.1. The fourth-order valence-electron chi connectivity index (χ4n) is 3.44. The first-order valence-electron chi connectivity index (χ1n) is 9.62. The Hall–Kier alpha value is -3.01. The molecule has 3 aromatic rings. The molecule has 0 atom stereocenters. The molecule has 0 saturated carbocycles. The number of halogens is 3. The van der Waals surface area contributed by atoms with Crippen LogP contribution in [0.2, 0.25) is 0 Å². The number of amides is 1. The van der Waals surface area contributed by atoms with Crippen LogP contribution in [0.5, 0.6) is 0 Å². The second-order valence-electron chi connectivity index (χ2n) is 7.06. The van der Waals surface area contributed by atoms with Crippen LogP contribution in [0.1, 0.15) is 5.56 Å². The molecule has 1 aromatic heterocycles. The molecule has 0 spiro atoms. The monoisotopic (exact) mass is 448 g/mol. The standard InChI is InChI=1S/C21H19F3N4O2S/c22-21(23,24)14-4-3-5-15(12-14)25-18(29)13-28-20(30)17-7-2-1-6-16(17)19(26-28)27-8-10-31-11-9-27/h1-7,12H,8-11,13H2,(H,25,29). The second-order valence-corrected chi connectivity index (χ2v) is 8.28. The highest BCUT2D eigenvalue weighted by atomic mass is 32.2. The summed E-state index contributed by atoms with van der Waals surface area (Å²) in [5.74, 6) is 1.86. The van der Waals surface area contributed by atoms with E-state index in [2.05, 4.69) is 15.3 Å². The van der Waals surface area contributed by atoms with Gasteiger partial charge in [0.2, 0.25) is 5.91 Å². The normalized spacial score (nSPS) is 14.6. The topological polar surface area (TPSA) is 67.2 Å². The van der Waals surface area contributed by atoms with Gasteiger partial charge >= 0.3 is 6.18 Å².